The van der Waals surface area contributed by atoms with E-state index >= 15 is 0 Å². The molecule has 2 amide bonds. The van der Waals surface area contributed by atoms with Crippen LogP contribution in [0.25, 0.3) is 0 Å². The van der Waals surface area contributed by atoms with Crippen LogP contribution in [0, 0.1) is 22.7 Å². The van der Waals surface area contributed by atoms with Crippen molar-refractivity contribution < 1.29 is 27.5 Å². The molecule has 1 unspecified atom stereocenters. The van der Waals surface area contributed by atoms with Crippen LogP contribution >= 0.6 is 0 Å². The highest BCUT2D eigenvalue weighted by atomic mass is 32.2. The van der Waals surface area contributed by atoms with E-state index in [0.717, 1.165) is 6.26 Å². The van der Waals surface area contributed by atoms with E-state index in [-0.39, 0.29) is 48.0 Å². The van der Waals surface area contributed by atoms with Crippen LogP contribution in [0.15, 0.2) is 12.7 Å². The van der Waals surface area contributed by atoms with Crippen LogP contribution in [0.4, 0.5) is 0 Å². The van der Waals surface area contributed by atoms with Crippen molar-refractivity contribution in [2.24, 2.45) is 22.7 Å². The van der Waals surface area contributed by atoms with Crippen molar-refractivity contribution in [3.63, 3.8) is 0 Å². The molecule has 0 aromatic rings. The number of rotatable bonds is 9. The molecule has 182 valence electrons. The Morgan fingerprint density at radius 1 is 1.31 bits per heavy atom. The number of ether oxygens (including phenoxy) is 1. The average Bonchev–Trinajstić information content (AvgIpc) is 3.26. The highest BCUT2D eigenvalue weighted by Crippen LogP contribution is 2.57. The second kappa shape index (κ2) is 9.23. The Kier molecular flexibility index (Phi) is 7.63. The SMILES string of the molecule is C=C[C@@H]1C[C@]1(CC(=O)[C@@H]1C(C)[C@@H](OC)CN1C(=O)[C@@H](NC)C(C)(C)C)C(=O)NS(C)(=O)=O. The van der Waals surface area contributed by atoms with Gasteiger partial charge in [0.15, 0.2) is 5.78 Å². The quantitative estimate of drug-likeness (QED) is 0.475. The Morgan fingerprint density at radius 3 is 2.31 bits per heavy atom. The van der Waals surface area contributed by atoms with E-state index in [9.17, 15) is 22.8 Å². The van der Waals surface area contributed by atoms with Crippen LogP contribution < -0.4 is 10.0 Å². The third kappa shape index (κ3) is 5.23. The molecule has 1 heterocycles. The van der Waals surface area contributed by atoms with E-state index in [2.05, 4.69) is 11.9 Å². The molecule has 2 N–H and O–H groups in total. The number of ketones is 1. The van der Waals surface area contributed by atoms with Crippen molar-refractivity contribution in [2.45, 2.75) is 58.7 Å². The van der Waals surface area contributed by atoms with Crippen molar-refractivity contribution >= 4 is 27.6 Å². The largest absolute Gasteiger partial charge is 0.379 e. The first-order chi connectivity index (χ1) is 14.6. The van der Waals surface area contributed by atoms with Crippen LogP contribution in [0.5, 0.6) is 0 Å². The molecule has 2 fully saturated rings. The van der Waals surface area contributed by atoms with E-state index in [1.54, 1.807) is 25.1 Å². The number of nitrogens with zero attached hydrogens (tertiary/aromatic N) is 1. The number of carbonyl (C=O) groups is 3. The van der Waals surface area contributed by atoms with Gasteiger partial charge in [-0.25, -0.2) is 8.42 Å². The number of likely N-dealkylation sites (tertiary alicyclic amines) is 1. The molecule has 1 saturated heterocycles. The van der Waals surface area contributed by atoms with Crippen molar-refractivity contribution in [1.82, 2.24) is 14.9 Å². The van der Waals surface area contributed by atoms with Gasteiger partial charge >= 0.3 is 0 Å². The van der Waals surface area contributed by atoms with Gasteiger partial charge in [0.05, 0.1) is 29.9 Å². The Labute approximate surface area is 191 Å². The molecule has 1 saturated carbocycles. The molecule has 0 spiro atoms. The summed E-state index contributed by atoms with van der Waals surface area (Å²) in [7, 11) is -0.513. The van der Waals surface area contributed by atoms with Gasteiger partial charge in [-0.3, -0.25) is 19.1 Å². The number of hydrogen-bond donors (Lipinski definition) is 2. The van der Waals surface area contributed by atoms with Crippen molar-refractivity contribution in [3.8, 4) is 0 Å². The lowest BCUT2D eigenvalue weighted by molar-refractivity contribution is -0.143. The number of sulfonamides is 1. The standard InChI is InChI=1S/C22H37N3O6S/c1-9-14-10-22(14,20(28)24-32(8,29)30)11-15(26)17-13(2)16(31-7)12-25(17)19(27)18(23-6)21(3,4)5/h9,13-14,16-18,23H,1,10-12H2,2-8H3,(H,24,28)/t13?,14-,16+,17+,18-,22-/m1/s1. The summed E-state index contributed by atoms with van der Waals surface area (Å²) in [6.45, 7) is 11.7. The van der Waals surface area contributed by atoms with Gasteiger partial charge in [-0.2, -0.15) is 0 Å². The number of allylic oxidation sites excluding steroid dienone is 1. The summed E-state index contributed by atoms with van der Waals surface area (Å²) < 4.78 is 30.8. The Bertz CT molecular complexity index is 881. The van der Waals surface area contributed by atoms with Gasteiger partial charge in [-0.1, -0.05) is 33.8 Å². The molecule has 6 atom stereocenters. The molecule has 32 heavy (non-hydrogen) atoms. The summed E-state index contributed by atoms with van der Waals surface area (Å²) in [4.78, 5) is 41.3. The maximum atomic E-state index is 13.5. The van der Waals surface area contributed by atoms with E-state index in [1.807, 2.05) is 32.4 Å². The molecule has 1 aliphatic heterocycles. The van der Waals surface area contributed by atoms with Gasteiger partial charge in [0, 0.05) is 26.0 Å². The molecule has 9 nitrogen and oxygen atoms in total. The Balaban J connectivity index is 2.34. The van der Waals surface area contributed by atoms with E-state index in [4.69, 9.17) is 4.74 Å². The topological polar surface area (TPSA) is 122 Å². The number of amides is 2. The highest BCUT2D eigenvalue weighted by molar-refractivity contribution is 7.89. The smallest absolute Gasteiger partial charge is 0.240 e. The molecule has 0 bridgehead atoms. The summed E-state index contributed by atoms with van der Waals surface area (Å²) in [5.74, 6) is -1.75. The lowest BCUT2D eigenvalue weighted by atomic mass is 9.84. The number of Topliss-reactive ketones (excluding diaryl/α,β-unsaturated/α-hetero) is 1. The molecule has 0 radical (unpaired) electrons. The fraction of sp³-hybridized carbons (Fsp3) is 0.773. The van der Waals surface area contributed by atoms with Crippen molar-refractivity contribution in [1.29, 1.82) is 0 Å². The van der Waals surface area contributed by atoms with Crippen LogP contribution in [0.2, 0.25) is 0 Å². The summed E-state index contributed by atoms with van der Waals surface area (Å²) in [6.07, 6.45) is 2.33. The van der Waals surface area contributed by atoms with Crippen LogP contribution in [0.3, 0.4) is 0 Å². The minimum Gasteiger partial charge on any atom is -0.379 e. The normalized spacial score (nSPS) is 31.2. The first kappa shape index (κ1) is 26.5. The lowest BCUT2D eigenvalue weighted by Crippen LogP contribution is -2.55. The summed E-state index contributed by atoms with van der Waals surface area (Å²) in [5.41, 5.74) is -1.54. The minimum atomic E-state index is -3.77. The number of methoxy groups -OCH3 is 1. The second-order valence-corrected chi connectivity index (χ2v) is 12.0. The van der Waals surface area contributed by atoms with Gasteiger partial charge in [-0.05, 0) is 24.8 Å². The predicted octanol–water partition coefficient (Wildman–Crippen LogP) is 0.710. The zero-order chi connectivity index (χ0) is 24.6. The summed E-state index contributed by atoms with van der Waals surface area (Å²) in [6, 6.07) is -1.27. The van der Waals surface area contributed by atoms with Gasteiger partial charge in [-0.15, -0.1) is 6.58 Å². The monoisotopic (exact) mass is 471 g/mol. The van der Waals surface area contributed by atoms with E-state index in [1.165, 1.54) is 0 Å². The molecular weight excluding hydrogens is 434 g/mol. The van der Waals surface area contributed by atoms with E-state index < -0.39 is 33.4 Å². The van der Waals surface area contributed by atoms with Crippen LogP contribution in [0.1, 0.15) is 40.5 Å². The number of hydrogen-bond acceptors (Lipinski definition) is 7. The molecule has 0 aromatic carbocycles. The molecule has 1 aliphatic carbocycles. The van der Waals surface area contributed by atoms with E-state index in [0.29, 0.717) is 6.42 Å². The minimum absolute atomic E-state index is 0.167. The molecule has 10 heteroatoms. The molecule has 2 rings (SSSR count). The number of likely N-dealkylation sites (N-methyl/N-ethyl adjacent to an activating group) is 1. The first-order valence-electron chi connectivity index (χ1n) is 10.8. The molecule has 0 aromatic heterocycles. The zero-order valence-corrected chi connectivity index (χ0v) is 20.9. The first-order valence-corrected chi connectivity index (χ1v) is 12.7. The Morgan fingerprint density at radius 2 is 1.91 bits per heavy atom. The lowest BCUT2D eigenvalue weighted by Gasteiger charge is -2.35. The van der Waals surface area contributed by atoms with Gasteiger partial charge in [0.1, 0.15) is 0 Å². The second-order valence-electron chi connectivity index (χ2n) is 10.2. The van der Waals surface area contributed by atoms with Crippen LogP contribution in [-0.4, -0.2) is 76.1 Å². The Hall–Kier alpha value is -1.78. The summed E-state index contributed by atoms with van der Waals surface area (Å²) >= 11 is 0. The van der Waals surface area contributed by atoms with Crippen molar-refractivity contribution in [2.75, 3.05) is 27.0 Å². The van der Waals surface area contributed by atoms with Gasteiger partial charge < -0.3 is 15.0 Å². The zero-order valence-electron chi connectivity index (χ0n) is 20.1. The van der Waals surface area contributed by atoms with Crippen LogP contribution in [-0.2, 0) is 29.1 Å². The summed E-state index contributed by atoms with van der Waals surface area (Å²) in [5, 5.41) is 3.06. The third-order valence-corrected chi connectivity index (χ3v) is 7.31. The fourth-order valence-corrected chi connectivity index (χ4v) is 5.45. The maximum Gasteiger partial charge on any atom is 0.240 e. The third-order valence-electron chi connectivity index (χ3n) is 6.75. The van der Waals surface area contributed by atoms with Gasteiger partial charge in [0.2, 0.25) is 21.8 Å². The number of carbonyl (C=O) groups excluding carboxylic acids is 3. The number of nitrogens with one attached hydrogen (secondary N) is 2. The van der Waals surface area contributed by atoms with Crippen molar-refractivity contribution in [3.05, 3.63) is 12.7 Å². The highest BCUT2D eigenvalue weighted by Gasteiger charge is 2.61. The fourth-order valence-electron chi connectivity index (χ4n) is 4.91. The molecule has 2 aliphatic rings. The molecular formula is C22H37N3O6S. The maximum absolute atomic E-state index is 13.5. The predicted molar refractivity (Wildman–Crippen MR) is 121 cm³/mol. The average molecular weight is 472 g/mol. The van der Waals surface area contributed by atoms with Gasteiger partial charge in [0.25, 0.3) is 0 Å².